The number of esters is 1. The van der Waals surface area contributed by atoms with Crippen LogP contribution in [-0.2, 0) is 4.79 Å². The van der Waals surface area contributed by atoms with E-state index in [9.17, 15) is 4.79 Å². The van der Waals surface area contributed by atoms with E-state index in [4.69, 9.17) is 32.9 Å². The predicted octanol–water partition coefficient (Wildman–Crippen LogP) is 7.07. The van der Waals surface area contributed by atoms with Crippen LogP contribution in [0, 0.1) is 0 Å². The van der Waals surface area contributed by atoms with Crippen molar-refractivity contribution in [3.8, 4) is 5.75 Å². The zero-order chi connectivity index (χ0) is 22.0. The van der Waals surface area contributed by atoms with Gasteiger partial charge in [0.1, 0.15) is 11.6 Å². The fourth-order valence-corrected chi connectivity index (χ4v) is 3.64. The maximum absolute atomic E-state index is 13.2. The van der Waals surface area contributed by atoms with Gasteiger partial charge in [0.15, 0.2) is 0 Å². The Morgan fingerprint density at radius 3 is 2.19 bits per heavy atom. The highest BCUT2D eigenvalue weighted by Crippen LogP contribution is 2.27. The number of carbonyl (C=O) groups is 1. The Bertz CT molecular complexity index is 1260. The van der Waals surface area contributed by atoms with Gasteiger partial charge in [0.25, 0.3) is 0 Å². The number of benzene rings is 3. The van der Waals surface area contributed by atoms with Crippen LogP contribution in [0.3, 0.4) is 0 Å². The average molecular weight is 451 g/mol. The quantitative estimate of drug-likeness (QED) is 0.185. The lowest BCUT2D eigenvalue weighted by atomic mass is 10.1. The summed E-state index contributed by atoms with van der Waals surface area (Å²) in [5, 5.41) is 1.16. The van der Waals surface area contributed by atoms with Crippen LogP contribution in [0.25, 0.3) is 22.7 Å². The third-order valence-electron chi connectivity index (χ3n) is 4.81. The smallest absolute Gasteiger partial charge is 0.344 e. The predicted molar refractivity (Wildman–Crippen MR) is 127 cm³/mol. The van der Waals surface area contributed by atoms with Crippen LogP contribution in [0.4, 0.5) is 0 Å². The Hall–Kier alpha value is -3.08. The van der Waals surface area contributed by atoms with Gasteiger partial charge in [0, 0.05) is 16.1 Å². The summed E-state index contributed by atoms with van der Waals surface area (Å²) >= 11 is 12.0. The molecule has 4 rings (SSSR count). The first-order valence-electron chi connectivity index (χ1n) is 9.85. The SMILES string of the molecule is CC(C)n1c(C=C(C(=O)Oc2ccc(Cl)cc2)c2ccc(Cl)cc2)nc2ccccc21. The first kappa shape index (κ1) is 21.2. The molecule has 156 valence electrons. The number of imidazole rings is 1. The maximum atomic E-state index is 13.2. The van der Waals surface area contributed by atoms with Crippen molar-refractivity contribution in [1.82, 2.24) is 9.55 Å². The molecular weight excluding hydrogens is 431 g/mol. The molecule has 4 aromatic rings. The summed E-state index contributed by atoms with van der Waals surface area (Å²) in [6, 6.07) is 21.8. The summed E-state index contributed by atoms with van der Waals surface area (Å²) < 4.78 is 7.72. The molecule has 0 fully saturated rings. The first-order valence-corrected chi connectivity index (χ1v) is 10.6. The molecule has 0 aliphatic heterocycles. The van der Waals surface area contributed by atoms with E-state index >= 15 is 0 Å². The number of hydrogen-bond acceptors (Lipinski definition) is 3. The third kappa shape index (κ3) is 4.66. The first-order chi connectivity index (χ1) is 14.9. The molecule has 0 bridgehead atoms. The van der Waals surface area contributed by atoms with Gasteiger partial charge in [0.05, 0.1) is 16.6 Å². The number of rotatable bonds is 5. The van der Waals surface area contributed by atoms with Crippen molar-refractivity contribution < 1.29 is 9.53 Å². The second kappa shape index (κ2) is 8.96. The molecule has 0 radical (unpaired) electrons. The molecule has 0 amide bonds. The molecule has 0 atom stereocenters. The lowest BCUT2D eigenvalue weighted by molar-refractivity contribution is -0.127. The van der Waals surface area contributed by atoms with E-state index in [2.05, 4.69) is 18.4 Å². The second-order valence-electron chi connectivity index (χ2n) is 7.33. The number of aromatic nitrogens is 2. The van der Waals surface area contributed by atoms with E-state index in [1.54, 1.807) is 54.6 Å². The molecule has 1 heterocycles. The molecule has 4 nitrogen and oxygen atoms in total. The van der Waals surface area contributed by atoms with Crippen molar-refractivity contribution in [1.29, 1.82) is 0 Å². The molecule has 1 aromatic heterocycles. The van der Waals surface area contributed by atoms with E-state index in [1.807, 2.05) is 24.3 Å². The van der Waals surface area contributed by atoms with Gasteiger partial charge in [-0.2, -0.15) is 0 Å². The molecule has 0 saturated heterocycles. The van der Waals surface area contributed by atoms with E-state index < -0.39 is 5.97 Å². The van der Waals surface area contributed by atoms with Crippen LogP contribution in [0.15, 0.2) is 72.8 Å². The minimum absolute atomic E-state index is 0.150. The highest BCUT2D eigenvalue weighted by molar-refractivity contribution is 6.31. The van der Waals surface area contributed by atoms with E-state index in [0.29, 0.717) is 32.8 Å². The molecule has 0 saturated carbocycles. The fourth-order valence-electron chi connectivity index (χ4n) is 3.39. The molecular formula is C25H20Cl2N2O2. The number of hydrogen-bond donors (Lipinski definition) is 0. The van der Waals surface area contributed by atoms with Crippen molar-refractivity contribution in [2.75, 3.05) is 0 Å². The number of nitrogens with zero attached hydrogens (tertiary/aromatic N) is 2. The average Bonchev–Trinajstić information content (AvgIpc) is 3.12. The molecule has 31 heavy (non-hydrogen) atoms. The highest BCUT2D eigenvalue weighted by atomic mass is 35.5. The van der Waals surface area contributed by atoms with Gasteiger partial charge in [-0.25, -0.2) is 9.78 Å². The number of carbonyl (C=O) groups excluding carboxylic acids is 1. The molecule has 3 aromatic carbocycles. The van der Waals surface area contributed by atoms with Crippen molar-refractivity contribution >= 4 is 51.9 Å². The number of fused-ring (bicyclic) bond motifs is 1. The number of ether oxygens (including phenoxy) is 1. The molecule has 6 heteroatoms. The van der Waals surface area contributed by atoms with Crippen LogP contribution in [0.2, 0.25) is 10.0 Å². The lowest BCUT2D eigenvalue weighted by Gasteiger charge is -2.13. The standard InChI is InChI=1S/C25H20Cl2N2O2/c1-16(2)29-23-6-4-3-5-22(23)28-24(29)15-21(17-7-9-18(26)10-8-17)25(30)31-20-13-11-19(27)12-14-20/h3-16H,1-2H3. The monoisotopic (exact) mass is 450 g/mol. The van der Waals surface area contributed by atoms with Gasteiger partial charge in [0.2, 0.25) is 0 Å². The van der Waals surface area contributed by atoms with Crippen LogP contribution in [0.5, 0.6) is 5.75 Å². The molecule has 0 spiro atoms. The van der Waals surface area contributed by atoms with Gasteiger partial charge in [-0.05, 0) is 74.0 Å². The zero-order valence-corrected chi connectivity index (χ0v) is 18.6. The minimum Gasteiger partial charge on any atom is -0.423 e. The summed E-state index contributed by atoms with van der Waals surface area (Å²) in [6.07, 6.45) is 1.77. The van der Waals surface area contributed by atoms with Crippen LogP contribution in [0.1, 0.15) is 31.3 Å². The zero-order valence-electron chi connectivity index (χ0n) is 17.0. The largest absolute Gasteiger partial charge is 0.423 e. The number of para-hydroxylation sites is 2. The molecule has 0 N–H and O–H groups in total. The normalized spacial score (nSPS) is 11.8. The summed E-state index contributed by atoms with van der Waals surface area (Å²) in [5.74, 6) is 0.591. The highest BCUT2D eigenvalue weighted by Gasteiger charge is 2.19. The molecule has 0 unspecified atom stereocenters. The van der Waals surface area contributed by atoms with Gasteiger partial charge in [-0.1, -0.05) is 47.5 Å². The van der Waals surface area contributed by atoms with Crippen LogP contribution >= 0.6 is 23.2 Å². The minimum atomic E-state index is -0.494. The van der Waals surface area contributed by atoms with Crippen LogP contribution in [-0.4, -0.2) is 15.5 Å². The van der Waals surface area contributed by atoms with Crippen molar-refractivity contribution in [2.24, 2.45) is 0 Å². The number of halogens is 2. The maximum Gasteiger partial charge on any atom is 0.344 e. The van der Waals surface area contributed by atoms with Gasteiger partial charge in [-0.15, -0.1) is 0 Å². The summed E-state index contributed by atoms with van der Waals surface area (Å²) in [4.78, 5) is 17.9. The van der Waals surface area contributed by atoms with E-state index in [-0.39, 0.29) is 6.04 Å². The van der Waals surface area contributed by atoms with E-state index in [1.165, 1.54) is 0 Å². The second-order valence-corrected chi connectivity index (χ2v) is 8.20. The molecule has 0 aliphatic rings. The Kier molecular flexibility index (Phi) is 6.12. The Balaban J connectivity index is 1.83. The fraction of sp³-hybridized carbons (Fsp3) is 0.120. The van der Waals surface area contributed by atoms with Crippen molar-refractivity contribution in [2.45, 2.75) is 19.9 Å². The van der Waals surface area contributed by atoms with Crippen molar-refractivity contribution in [3.05, 3.63) is 94.2 Å². The van der Waals surface area contributed by atoms with Crippen molar-refractivity contribution in [3.63, 3.8) is 0 Å². The summed E-state index contributed by atoms with van der Waals surface area (Å²) in [6.45, 7) is 4.17. The topological polar surface area (TPSA) is 44.1 Å². The third-order valence-corrected chi connectivity index (χ3v) is 5.32. The Labute approximate surface area is 190 Å². The van der Waals surface area contributed by atoms with Crippen LogP contribution < -0.4 is 4.74 Å². The van der Waals surface area contributed by atoms with Gasteiger partial charge >= 0.3 is 5.97 Å². The van der Waals surface area contributed by atoms with E-state index in [0.717, 1.165) is 11.0 Å². The molecule has 0 aliphatic carbocycles. The lowest BCUT2D eigenvalue weighted by Crippen LogP contribution is -2.11. The van der Waals surface area contributed by atoms with Gasteiger partial charge in [-0.3, -0.25) is 0 Å². The van der Waals surface area contributed by atoms with Gasteiger partial charge < -0.3 is 9.30 Å². The Morgan fingerprint density at radius 1 is 0.935 bits per heavy atom. The Morgan fingerprint density at radius 2 is 1.55 bits per heavy atom. The summed E-state index contributed by atoms with van der Waals surface area (Å²) in [7, 11) is 0. The summed E-state index contributed by atoms with van der Waals surface area (Å²) in [5.41, 5.74) is 2.93.